The lowest BCUT2D eigenvalue weighted by atomic mass is 10.1. The Kier molecular flexibility index (Phi) is 3.01. The molecule has 1 aliphatic heterocycles. The second kappa shape index (κ2) is 4.08. The van der Waals surface area contributed by atoms with E-state index in [-0.39, 0.29) is 5.75 Å². The summed E-state index contributed by atoms with van der Waals surface area (Å²) in [7, 11) is -5.85. The molecule has 0 N–H and O–H groups in total. The minimum absolute atomic E-state index is 0.160. The van der Waals surface area contributed by atoms with E-state index in [1.165, 1.54) is 7.05 Å². The molecule has 0 aliphatic carbocycles. The molecule has 0 radical (unpaired) electrons. The monoisotopic (exact) mass is 275 g/mol. The van der Waals surface area contributed by atoms with E-state index in [0.29, 0.717) is 5.56 Å². The number of benzene rings is 1. The molecule has 7 heteroatoms. The molecule has 2 rings (SSSR count). The van der Waals surface area contributed by atoms with Gasteiger partial charge in [-0.1, -0.05) is 30.3 Å². The topological polar surface area (TPSA) is 71.5 Å². The molecular formula is C10H13NO4S2. The van der Waals surface area contributed by atoms with Crippen LogP contribution in [0.4, 0.5) is 0 Å². The lowest BCUT2D eigenvalue weighted by Crippen LogP contribution is -2.44. The highest BCUT2D eigenvalue weighted by Crippen LogP contribution is 2.29. The molecule has 1 aliphatic rings. The first-order chi connectivity index (χ1) is 7.82. The van der Waals surface area contributed by atoms with Crippen molar-refractivity contribution in [3.63, 3.8) is 0 Å². The van der Waals surface area contributed by atoms with Gasteiger partial charge in [0.2, 0.25) is 10.0 Å². The van der Waals surface area contributed by atoms with Crippen LogP contribution in [0, 0.1) is 0 Å². The van der Waals surface area contributed by atoms with Gasteiger partial charge in [0.25, 0.3) is 0 Å². The Labute approximate surface area is 101 Å². The van der Waals surface area contributed by atoms with Gasteiger partial charge in [0, 0.05) is 7.05 Å². The molecule has 5 nitrogen and oxygen atoms in total. The van der Waals surface area contributed by atoms with E-state index >= 15 is 0 Å². The third-order valence-electron chi connectivity index (χ3n) is 2.80. The average Bonchev–Trinajstić information content (AvgIpc) is 2.23. The molecule has 1 saturated heterocycles. The fraction of sp³-hybridized carbons (Fsp3) is 0.400. The van der Waals surface area contributed by atoms with Crippen molar-refractivity contribution in [3.8, 4) is 0 Å². The molecule has 1 atom stereocenters. The number of hydrogen-bond acceptors (Lipinski definition) is 4. The minimum Gasteiger partial charge on any atom is -0.228 e. The van der Waals surface area contributed by atoms with Crippen LogP contribution in [0.15, 0.2) is 30.3 Å². The summed E-state index contributed by atoms with van der Waals surface area (Å²) in [5.74, 6) is -0.160. The highest BCUT2D eigenvalue weighted by molar-refractivity contribution is 8.07. The molecule has 0 spiro atoms. The Morgan fingerprint density at radius 3 is 2.29 bits per heavy atom. The third kappa shape index (κ3) is 2.51. The van der Waals surface area contributed by atoms with Crippen LogP contribution in [-0.4, -0.2) is 39.0 Å². The van der Waals surface area contributed by atoms with Gasteiger partial charge in [-0.3, -0.25) is 0 Å². The number of nitrogens with zero attached hydrogens (tertiary/aromatic N) is 1. The number of rotatable bonds is 1. The van der Waals surface area contributed by atoms with Gasteiger partial charge >= 0.3 is 0 Å². The van der Waals surface area contributed by atoms with Crippen LogP contribution in [-0.2, 0) is 19.9 Å². The zero-order valence-electron chi connectivity index (χ0n) is 9.28. The van der Waals surface area contributed by atoms with E-state index in [2.05, 4.69) is 0 Å². The molecule has 1 aromatic rings. The van der Waals surface area contributed by atoms with E-state index in [0.717, 1.165) is 4.31 Å². The molecule has 0 saturated carbocycles. The van der Waals surface area contributed by atoms with Crippen LogP contribution < -0.4 is 0 Å². The fourth-order valence-electron chi connectivity index (χ4n) is 1.88. The molecular weight excluding hydrogens is 262 g/mol. The van der Waals surface area contributed by atoms with Crippen LogP contribution in [0.1, 0.15) is 11.6 Å². The predicted molar refractivity (Wildman–Crippen MR) is 64.5 cm³/mol. The first-order valence-corrected chi connectivity index (χ1v) is 8.46. The van der Waals surface area contributed by atoms with Gasteiger partial charge in [0.1, 0.15) is 0 Å². The molecule has 0 bridgehead atoms. The van der Waals surface area contributed by atoms with Crippen LogP contribution in [0.25, 0.3) is 0 Å². The normalized spacial score (nSPS) is 27.7. The summed E-state index contributed by atoms with van der Waals surface area (Å²) in [5, 5.41) is -0.792. The summed E-state index contributed by atoms with van der Waals surface area (Å²) < 4.78 is 47.8. The van der Waals surface area contributed by atoms with E-state index in [1.54, 1.807) is 30.3 Å². The van der Waals surface area contributed by atoms with Crippen molar-refractivity contribution in [2.75, 3.05) is 17.9 Å². The van der Waals surface area contributed by atoms with Gasteiger partial charge in [-0.25, -0.2) is 16.8 Å². The Bertz CT molecular complexity index is 607. The third-order valence-corrected chi connectivity index (χ3v) is 7.39. The molecule has 1 aromatic carbocycles. The summed E-state index contributed by atoms with van der Waals surface area (Å²) in [6.45, 7) is 0. The summed E-state index contributed by atoms with van der Waals surface area (Å²) in [5.41, 5.74) is 0.696. The molecule has 0 aromatic heterocycles. The smallest absolute Gasteiger partial charge is 0.228 e. The van der Waals surface area contributed by atoms with Crippen molar-refractivity contribution in [2.45, 2.75) is 6.04 Å². The molecule has 1 heterocycles. The van der Waals surface area contributed by atoms with Crippen LogP contribution in [0.5, 0.6) is 0 Å². The van der Waals surface area contributed by atoms with Crippen molar-refractivity contribution in [2.24, 2.45) is 0 Å². The van der Waals surface area contributed by atoms with E-state index in [9.17, 15) is 16.8 Å². The highest BCUT2D eigenvalue weighted by Gasteiger charge is 2.40. The van der Waals surface area contributed by atoms with Crippen LogP contribution in [0.3, 0.4) is 0 Å². The molecule has 17 heavy (non-hydrogen) atoms. The van der Waals surface area contributed by atoms with E-state index in [1.807, 2.05) is 0 Å². The van der Waals surface area contributed by atoms with Gasteiger partial charge in [-0.05, 0) is 5.56 Å². The predicted octanol–water partition coefficient (Wildman–Crippen LogP) is 0.375. The van der Waals surface area contributed by atoms with Gasteiger partial charge in [0.15, 0.2) is 14.9 Å². The Hall–Kier alpha value is -0.920. The first-order valence-electron chi connectivity index (χ1n) is 5.03. The lowest BCUT2D eigenvalue weighted by Gasteiger charge is -2.31. The lowest BCUT2D eigenvalue weighted by molar-refractivity contribution is 0.393. The van der Waals surface area contributed by atoms with Crippen molar-refractivity contribution in [1.82, 2.24) is 4.31 Å². The summed E-state index contributed by atoms with van der Waals surface area (Å²) in [6.07, 6.45) is 0. The molecule has 1 unspecified atom stereocenters. The second-order valence-electron chi connectivity index (χ2n) is 4.08. The summed E-state index contributed by atoms with van der Waals surface area (Å²) >= 11 is 0. The van der Waals surface area contributed by atoms with Crippen LogP contribution >= 0.6 is 0 Å². The fourth-order valence-corrected chi connectivity index (χ4v) is 6.32. The molecule has 94 valence electrons. The van der Waals surface area contributed by atoms with Gasteiger partial charge in [0.05, 0.1) is 11.8 Å². The number of sulfone groups is 1. The maximum Gasteiger partial charge on any atom is 0.228 e. The quantitative estimate of drug-likeness (QED) is 0.742. The van der Waals surface area contributed by atoms with E-state index in [4.69, 9.17) is 0 Å². The van der Waals surface area contributed by atoms with Crippen molar-refractivity contribution in [1.29, 1.82) is 0 Å². The van der Waals surface area contributed by atoms with Gasteiger partial charge in [-0.2, -0.15) is 4.31 Å². The molecule has 0 amide bonds. The largest absolute Gasteiger partial charge is 0.228 e. The minimum atomic E-state index is -3.72. The SMILES string of the molecule is CN1C(c2ccccc2)CS(=O)(=O)CS1(=O)=O. The Morgan fingerprint density at radius 1 is 1.12 bits per heavy atom. The molecule has 1 fully saturated rings. The number of hydrogen-bond donors (Lipinski definition) is 0. The van der Waals surface area contributed by atoms with Gasteiger partial charge in [-0.15, -0.1) is 0 Å². The zero-order chi connectivity index (χ0) is 12.7. The average molecular weight is 275 g/mol. The Balaban J connectivity index is 2.48. The number of sulfonamides is 1. The summed E-state index contributed by atoms with van der Waals surface area (Å²) in [6, 6.07) is 8.17. The maximum atomic E-state index is 11.7. The highest BCUT2D eigenvalue weighted by atomic mass is 32.3. The maximum absolute atomic E-state index is 11.7. The van der Waals surface area contributed by atoms with E-state index < -0.39 is 31.0 Å². The van der Waals surface area contributed by atoms with Crippen molar-refractivity contribution in [3.05, 3.63) is 35.9 Å². The Morgan fingerprint density at radius 2 is 1.71 bits per heavy atom. The van der Waals surface area contributed by atoms with Crippen LogP contribution in [0.2, 0.25) is 0 Å². The second-order valence-corrected chi connectivity index (χ2v) is 8.59. The van der Waals surface area contributed by atoms with Gasteiger partial charge < -0.3 is 0 Å². The summed E-state index contributed by atoms with van der Waals surface area (Å²) in [4.78, 5) is 0. The zero-order valence-corrected chi connectivity index (χ0v) is 10.9. The standard InChI is InChI=1S/C10H13NO4S2/c1-11-10(9-5-3-2-4-6-9)7-16(12,13)8-17(11,14)15/h2-6,10H,7-8H2,1H3. The first kappa shape index (κ1) is 12.5. The van der Waals surface area contributed by atoms with Crippen molar-refractivity contribution >= 4 is 19.9 Å². The van der Waals surface area contributed by atoms with Crippen molar-refractivity contribution < 1.29 is 16.8 Å².